The summed E-state index contributed by atoms with van der Waals surface area (Å²) in [7, 11) is 0. The van der Waals surface area contributed by atoms with Crippen LogP contribution in [0.2, 0.25) is 0 Å². The molecule has 0 aromatic heterocycles. The van der Waals surface area contributed by atoms with Crippen molar-refractivity contribution in [3.63, 3.8) is 0 Å². The topological polar surface area (TPSA) is 266 Å². The zero-order valence-electron chi connectivity index (χ0n) is 20.6. The van der Waals surface area contributed by atoms with Gasteiger partial charge in [0, 0.05) is 12.6 Å². The fraction of sp³-hybridized carbons (Fsp3) is 0.154. The molecule has 0 aliphatic carbocycles. The van der Waals surface area contributed by atoms with Gasteiger partial charge in [-0.05, 0) is 65.6 Å². The van der Waals surface area contributed by atoms with E-state index < -0.39 is 75.6 Å². The van der Waals surface area contributed by atoms with Gasteiger partial charge in [-0.1, -0.05) is 0 Å². The Bertz CT molecular complexity index is 1400. The molecule has 0 radical (unpaired) electrons. The Labute approximate surface area is 226 Å². The highest BCUT2D eigenvalue weighted by molar-refractivity contribution is 5.90. The van der Waals surface area contributed by atoms with Gasteiger partial charge in [0.2, 0.25) is 11.8 Å². The van der Waals surface area contributed by atoms with Crippen LogP contribution >= 0.6 is 0 Å². The largest absolute Gasteiger partial charge is 0.504 e. The highest BCUT2D eigenvalue weighted by Crippen LogP contribution is 2.37. The molecule has 0 heterocycles. The van der Waals surface area contributed by atoms with E-state index in [1.165, 1.54) is 6.08 Å². The molecule has 3 rings (SSSR count). The number of nitrogens with one attached hydrogen (secondary N) is 2. The Hall–Kier alpha value is -5.50. The summed E-state index contributed by atoms with van der Waals surface area (Å²) >= 11 is 0. The number of rotatable bonds is 9. The van der Waals surface area contributed by atoms with Crippen molar-refractivity contribution in [2.75, 3.05) is 0 Å². The van der Waals surface area contributed by atoms with E-state index in [0.717, 1.165) is 42.6 Å². The third-order valence-corrected chi connectivity index (χ3v) is 5.72. The van der Waals surface area contributed by atoms with Gasteiger partial charge in [0.25, 0.3) is 0 Å². The van der Waals surface area contributed by atoms with Crippen molar-refractivity contribution in [3.05, 3.63) is 59.3 Å². The summed E-state index contributed by atoms with van der Waals surface area (Å²) in [6, 6.07) is 3.90. The zero-order valence-corrected chi connectivity index (χ0v) is 20.6. The maximum atomic E-state index is 13.0. The summed E-state index contributed by atoms with van der Waals surface area (Å²) in [6.45, 7) is 0. The molecule has 0 saturated heterocycles. The van der Waals surface area contributed by atoms with Gasteiger partial charge in [-0.2, -0.15) is 0 Å². The number of benzene rings is 3. The van der Waals surface area contributed by atoms with Crippen LogP contribution in [0, 0.1) is 0 Å². The molecule has 0 aliphatic rings. The SMILES string of the molecule is N[C@@H](Cc1cc(O)c(O)c(O)c1)C(=O)N[C@@H](Cc1cc(O)c(O)c(O)c1)C(=O)NC=Cc1cc(O)c(O)c(O)c1. The van der Waals surface area contributed by atoms with Gasteiger partial charge in [-0.25, -0.2) is 0 Å². The van der Waals surface area contributed by atoms with Gasteiger partial charge in [-0.15, -0.1) is 0 Å². The second-order valence-corrected chi connectivity index (χ2v) is 8.79. The molecule has 40 heavy (non-hydrogen) atoms. The molecule has 13 N–H and O–H groups in total. The van der Waals surface area contributed by atoms with E-state index in [9.17, 15) is 55.5 Å². The van der Waals surface area contributed by atoms with Crippen LogP contribution in [0.5, 0.6) is 51.7 Å². The van der Waals surface area contributed by atoms with E-state index in [4.69, 9.17) is 5.73 Å². The van der Waals surface area contributed by atoms with E-state index in [0.29, 0.717) is 0 Å². The number of carbonyl (C=O) groups is 2. The lowest BCUT2D eigenvalue weighted by Crippen LogP contribution is -2.52. The lowest BCUT2D eigenvalue weighted by Gasteiger charge is -2.21. The highest BCUT2D eigenvalue weighted by atomic mass is 16.3. The van der Waals surface area contributed by atoms with Gasteiger partial charge in [0.1, 0.15) is 6.04 Å². The number of hydrogen-bond acceptors (Lipinski definition) is 12. The van der Waals surface area contributed by atoms with Crippen LogP contribution in [0.1, 0.15) is 16.7 Å². The van der Waals surface area contributed by atoms with E-state index in [-0.39, 0.29) is 29.5 Å². The highest BCUT2D eigenvalue weighted by Gasteiger charge is 2.25. The number of phenols is 9. The molecule has 3 aromatic rings. The monoisotopic (exact) mass is 557 g/mol. The van der Waals surface area contributed by atoms with Crippen LogP contribution in [0.3, 0.4) is 0 Å². The first-order chi connectivity index (χ1) is 18.8. The quantitative estimate of drug-likeness (QED) is 0.160. The van der Waals surface area contributed by atoms with Crippen molar-refractivity contribution in [3.8, 4) is 51.7 Å². The summed E-state index contributed by atoms with van der Waals surface area (Å²) in [5.74, 6) is -7.69. The third-order valence-electron chi connectivity index (χ3n) is 5.72. The number of carbonyl (C=O) groups excluding carboxylic acids is 2. The van der Waals surface area contributed by atoms with Crippen molar-refractivity contribution in [1.82, 2.24) is 10.6 Å². The van der Waals surface area contributed by atoms with Crippen molar-refractivity contribution in [1.29, 1.82) is 0 Å². The number of phenolic OH excluding ortho intramolecular Hbond substituents is 9. The number of aromatic hydroxyl groups is 9. The molecule has 0 unspecified atom stereocenters. The smallest absolute Gasteiger partial charge is 0.246 e. The first-order valence-corrected chi connectivity index (χ1v) is 11.5. The van der Waals surface area contributed by atoms with Crippen LogP contribution in [0.25, 0.3) is 6.08 Å². The fourth-order valence-corrected chi connectivity index (χ4v) is 3.67. The van der Waals surface area contributed by atoms with E-state index in [2.05, 4.69) is 10.6 Å². The second kappa shape index (κ2) is 11.9. The third kappa shape index (κ3) is 6.87. The van der Waals surface area contributed by atoms with Gasteiger partial charge >= 0.3 is 0 Å². The van der Waals surface area contributed by atoms with Crippen molar-refractivity contribution in [2.45, 2.75) is 24.9 Å². The maximum absolute atomic E-state index is 13.0. The van der Waals surface area contributed by atoms with Crippen molar-refractivity contribution < 1.29 is 55.5 Å². The van der Waals surface area contributed by atoms with Crippen molar-refractivity contribution in [2.24, 2.45) is 5.73 Å². The Morgan fingerprint density at radius 3 is 1.50 bits per heavy atom. The fourth-order valence-electron chi connectivity index (χ4n) is 3.67. The first kappa shape index (κ1) is 29.1. The number of hydrogen-bond donors (Lipinski definition) is 12. The molecular formula is C26H27N3O11. The van der Waals surface area contributed by atoms with Gasteiger partial charge in [0.05, 0.1) is 6.04 Å². The van der Waals surface area contributed by atoms with Gasteiger partial charge in [-0.3, -0.25) is 9.59 Å². The van der Waals surface area contributed by atoms with E-state index in [1.54, 1.807) is 0 Å². The van der Waals surface area contributed by atoms with E-state index in [1.807, 2.05) is 0 Å². The molecule has 14 heteroatoms. The van der Waals surface area contributed by atoms with Crippen LogP contribution < -0.4 is 16.4 Å². The molecule has 2 amide bonds. The second-order valence-electron chi connectivity index (χ2n) is 8.79. The van der Waals surface area contributed by atoms with Gasteiger partial charge < -0.3 is 62.3 Å². The van der Waals surface area contributed by atoms with Crippen LogP contribution in [-0.2, 0) is 22.4 Å². The molecule has 0 spiro atoms. The lowest BCUT2D eigenvalue weighted by atomic mass is 10.0. The molecule has 212 valence electrons. The Balaban J connectivity index is 1.79. The maximum Gasteiger partial charge on any atom is 0.246 e. The molecule has 2 atom stereocenters. The average molecular weight is 558 g/mol. The standard InChI is InChI=1S/C26H27N3O11/c27-14(3-12-7-18(32)23(37)19(33)8-12)25(39)29-15(4-13-9-20(34)24(38)21(35)10-13)26(40)28-2-1-11-5-16(30)22(36)17(31)6-11/h1-2,5-10,14-15,30-38H,3-4,27H2,(H,28,40)(H,29,39)/t14-,15-/m0/s1. The Morgan fingerprint density at radius 2 is 1.05 bits per heavy atom. The van der Waals surface area contributed by atoms with Gasteiger partial charge in [0.15, 0.2) is 51.7 Å². The van der Waals surface area contributed by atoms with Crippen LogP contribution in [0.15, 0.2) is 42.6 Å². The zero-order chi connectivity index (χ0) is 29.7. The molecule has 0 aliphatic heterocycles. The Kier molecular flexibility index (Phi) is 8.66. The van der Waals surface area contributed by atoms with Crippen molar-refractivity contribution >= 4 is 17.9 Å². The Morgan fingerprint density at radius 1 is 0.650 bits per heavy atom. The molecule has 0 fully saturated rings. The summed E-state index contributed by atoms with van der Waals surface area (Å²) in [4.78, 5) is 25.8. The molecule has 3 aromatic carbocycles. The van der Waals surface area contributed by atoms with Crippen LogP contribution in [-0.4, -0.2) is 69.9 Å². The molecule has 0 saturated carbocycles. The predicted molar refractivity (Wildman–Crippen MR) is 139 cm³/mol. The first-order valence-electron chi connectivity index (χ1n) is 11.5. The minimum atomic E-state index is -1.35. The number of amides is 2. The minimum Gasteiger partial charge on any atom is -0.504 e. The molecular weight excluding hydrogens is 530 g/mol. The number of nitrogens with two attached hydrogens (primary N) is 1. The average Bonchev–Trinajstić information content (AvgIpc) is 2.88. The normalized spacial score (nSPS) is 12.6. The van der Waals surface area contributed by atoms with E-state index >= 15 is 0 Å². The summed E-state index contributed by atoms with van der Waals surface area (Å²) in [5.41, 5.74) is 6.50. The predicted octanol–water partition coefficient (Wildman–Crippen LogP) is 0.421. The summed E-state index contributed by atoms with van der Waals surface area (Å²) in [6.07, 6.45) is 1.89. The van der Waals surface area contributed by atoms with Crippen LogP contribution in [0.4, 0.5) is 0 Å². The summed E-state index contributed by atoms with van der Waals surface area (Å²) in [5, 5.41) is 91.6. The lowest BCUT2D eigenvalue weighted by molar-refractivity contribution is -0.129. The summed E-state index contributed by atoms with van der Waals surface area (Å²) < 4.78 is 0. The minimum absolute atomic E-state index is 0.146. The molecule has 14 nitrogen and oxygen atoms in total. The molecule has 0 bridgehead atoms.